The van der Waals surface area contributed by atoms with Crippen LogP contribution in [0.2, 0.25) is 0 Å². The lowest BCUT2D eigenvalue weighted by atomic mass is 10.1. The fourth-order valence-corrected chi connectivity index (χ4v) is 11.9. The van der Waals surface area contributed by atoms with Crippen LogP contribution in [-0.2, 0) is 28.7 Å². The van der Waals surface area contributed by atoms with Crippen LogP contribution in [-0.4, -0.2) is 110 Å². The van der Waals surface area contributed by atoms with Crippen molar-refractivity contribution in [2.24, 2.45) is 16.8 Å². The smallest absolute Gasteiger partial charge is 0.426 e. The van der Waals surface area contributed by atoms with Crippen LogP contribution in [0.4, 0.5) is 34.5 Å². The number of hydrogen-bond donors (Lipinski definition) is 12. The number of aromatic carboxylic acids is 1. The van der Waals surface area contributed by atoms with Gasteiger partial charge in [0.25, 0.3) is 23.5 Å². The van der Waals surface area contributed by atoms with E-state index in [1.54, 1.807) is 148 Å². The molecule has 3 aliphatic rings. The summed E-state index contributed by atoms with van der Waals surface area (Å²) in [5.41, 5.74) is 24.5. The number of benzene rings is 7. The number of hydrazone groups is 1. The summed E-state index contributed by atoms with van der Waals surface area (Å²) in [6.45, 7) is 15.9. The molecule has 14 N–H and O–H groups in total. The number of halogens is 3. The van der Waals surface area contributed by atoms with Crippen LogP contribution in [0.15, 0.2) is 224 Å². The fraction of sp³-hybridized carbons (Fsp3) is 0.160. The van der Waals surface area contributed by atoms with E-state index in [1.807, 2.05) is 109 Å². The van der Waals surface area contributed by atoms with Crippen molar-refractivity contribution < 1.29 is 66.5 Å². The number of pyridine rings is 5. The van der Waals surface area contributed by atoms with Crippen LogP contribution in [0.5, 0.6) is 0 Å². The third-order valence-electron chi connectivity index (χ3n) is 15.5. The molecule has 0 saturated carbocycles. The van der Waals surface area contributed by atoms with E-state index in [1.165, 1.54) is 36.0 Å². The van der Waals surface area contributed by atoms with E-state index < -0.39 is 69.3 Å². The number of nitrogens with two attached hydrogens (primary N) is 2. The molecule has 29 nitrogen and oxygen atoms in total. The predicted molar refractivity (Wildman–Crippen MR) is 450 cm³/mol. The van der Waals surface area contributed by atoms with E-state index in [0.29, 0.717) is 43.1 Å². The van der Waals surface area contributed by atoms with Gasteiger partial charge in [0.05, 0.1) is 44.4 Å². The molecule has 12 aromatic rings. The Kier molecular flexibility index (Phi) is 29.9. The maximum absolute atomic E-state index is 13.7. The number of anilines is 2. The molecular formula is C81H78ClF2N17O12S3. The van der Waals surface area contributed by atoms with Crippen molar-refractivity contribution in [2.75, 3.05) is 10.6 Å². The zero-order valence-electron chi connectivity index (χ0n) is 63.4. The number of aromatic nitrogens is 5. The van der Waals surface area contributed by atoms with Gasteiger partial charge in [0.1, 0.15) is 43.5 Å². The van der Waals surface area contributed by atoms with Gasteiger partial charge in [-0.1, -0.05) is 72.6 Å². The van der Waals surface area contributed by atoms with Gasteiger partial charge in [-0.05, 0) is 214 Å². The Hall–Kier alpha value is -13.4. The minimum Gasteiger partial charge on any atom is -0.478 e. The van der Waals surface area contributed by atoms with Gasteiger partial charge in [0.2, 0.25) is 4.87 Å². The van der Waals surface area contributed by atoms with Crippen molar-refractivity contribution in [3.05, 3.63) is 270 Å². The lowest BCUT2D eigenvalue weighted by Gasteiger charge is -2.20. The number of amides is 6. The predicted octanol–water partition coefficient (Wildman–Crippen LogP) is 13.6. The Balaban J connectivity index is 0.000000173. The number of nitrogens with zero attached hydrogens (tertiary/aromatic N) is 6. The molecule has 598 valence electrons. The number of nitrogens with one attached hydrogen (secondary N) is 9. The van der Waals surface area contributed by atoms with Gasteiger partial charge in [-0.15, -0.1) is 12.4 Å². The van der Waals surface area contributed by atoms with Crippen LogP contribution < -0.4 is 60.3 Å². The quantitative estimate of drug-likeness (QED) is 0.0190. The number of Topliss-reactive ketones (excluding diaryl/α,β-unsaturated/α-hetero) is 1. The Morgan fingerprint density at radius 2 is 0.871 bits per heavy atom. The van der Waals surface area contributed by atoms with Crippen LogP contribution in [0.25, 0.3) is 54.5 Å². The molecule has 35 heteroatoms. The zero-order valence-corrected chi connectivity index (χ0v) is 66.7. The van der Waals surface area contributed by atoms with Crippen molar-refractivity contribution in [1.82, 2.24) is 62.9 Å². The highest BCUT2D eigenvalue weighted by Crippen LogP contribution is 2.48. The first-order valence-electron chi connectivity index (χ1n) is 34.7. The van der Waals surface area contributed by atoms with Crippen molar-refractivity contribution in [2.45, 2.75) is 84.0 Å². The molecule has 0 fully saturated rings. The summed E-state index contributed by atoms with van der Waals surface area (Å²) in [5, 5.41) is 23.6. The van der Waals surface area contributed by atoms with Crippen molar-refractivity contribution >= 4 is 177 Å². The number of rotatable bonds is 5. The Morgan fingerprint density at radius 3 is 1.33 bits per heavy atom. The highest BCUT2D eigenvalue weighted by Gasteiger charge is 2.52. The highest BCUT2D eigenvalue weighted by molar-refractivity contribution is 8.16. The van der Waals surface area contributed by atoms with Crippen molar-refractivity contribution in [1.29, 1.82) is 0 Å². The topological polar surface area (TPSA) is 422 Å². The number of fused-ring (bicyclic) bond motifs is 8. The number of thioether (sulfide) groups is 1. The number of ether oxygens (including phenoxy) is 3. The van der Waals surface area contributed by atoms with Gasteiger partial charge in [-0.3, -0.25) is 65.8 Å². The van der Waals surface area contributed by atoms with E-state index in [0.717, 1.165) is 77.3 Å². The molecule has 7 aromatic carbocycles. The van der Waals surface area contributed by atoms with E-state index >= 15 is 0 Å². The highest BCUT2D eigenvalue weighted by atomic mass is 35.5. The van der Waals surface area contributed by atoms with Crippen molar-refractivity contribution in [3.8, 4) is 0 Å². The molecular weight excluding hydrogens is 1570 g/mol. The van der Waals surface area contributed by atoms with Gasteiger partial charge >= 0.3 is 24.2 Å². The largest absolute Gasteiger partial charge is 0.478 e. The first kappa shape index (κ1) is 88.2. The van der Waals surface area contributed by atoms with Gasteiger partial charge in [-0.25, -0.2) is 50.5 Å². The number of carbonyl (C=O) groups excluding carboxylic acids is 7. The van der Waals surface area contributed by atoms with Crippen LogP contribution in [0.1, 0.15) is 116 Å². The number of thiocarbonyl (C=S) groups is 2. The van der Waals surface area contributed by atoms with E-state index in [4.69, 9.17) is 55.4 Å². The molecule has 1 spiro atoms. The summed E-state index contributed by atoms with van der Waals surface area (Å²) in [4.78, 5) is 111. The lowest BCUT2D eigenvalue weighted by Crippen LogP contribution is -2.44. The molecule has 116 heavy (non-hydrogen) atoms. The van der Waals surface area contributed by atoms with Crippen LogP contribution >= 0.6 is 48.6 Å². The molecule has 1 atom stereocenters. The standard InChI is InChI=1S/C18H11FN4OS.C15H17N3O3.C15H17N3O2S.C10H9N3S.C10H7NO2.C8H4FNO2.C5H12N2O2.ClH/c19-12-4-6-15-13(9-12)18(17(24)21-15)23-22-16(25-18)11-3-5-14-10(8-11)2-1-7-20-14;1-15(2,3)21-14(20)18-17-13(19)11-6-7-12-10(9-11)5-4-8-16-12;1-15(2,3)20-14(19)18-17-13(21)11-6-7-12-10(9-11)5-4-8-16-12;11-13-10(14)8-3-4-9-7(6-8)2-1-5-12-9;12-10(13)8-3-4-9-7(6-8)2-1-5-11-9;9-4-1-2-6-5(3-4)7(11)8(12)10-6;1-5(2,3)9-4(8)7-6;/h1-9,23H,(H,21,24);4-9H,1-3H3,(H,17,19)(H,18,20);4-9H,1-3H3,(H,17,21)(H,18,19);1-6H,11H2,(H,13,14);1-6H,(H,12,13);1-3H,(H,10,11,12);6H2,1-3H3,(H,7,8);1H. The summed E-state index contributed by atoms with van der Waals surface area (Å²) in [6, 6.07) is 53.9. The normalized spacial score (nSPS) is 13.2. The van der Waals surface area contributed by atoms with E-state index in [-0.39, 0.29) is 29.7 Å². The maximum Gasteiger partial charge on any atom is 0.426 e. The first-order valence-corrected chi connectivity index (χ1v) is 36.3. The summed E-state index contributed by atoms with van der Waals surface area (Å²) in [6.07, 6.45) is 6.72. The second-order valence-electron chi connectivity index (χ2n) is 27.6. The fourth-order valence-electron chi connectivity index (χ4n) is 10.4. The summed E-state index contributed by atoms with van der Waals surface area (Å²) in [7, 11) is 0. The third-order valence-corrected chi connectivity index (χ3v) is 17.5. The maximum atomic E-state index is 13.7. The monoisotopic (exact) mass is 1650 g/mol. The second-order valence-corrected chi connectivity index (χ2v) is 29.6. The minimum absolute atomic E-state index is 0. The average Bonchev–Trinajstić information content (AvgIpc) is 1.58. The van der Waals surface area contributed by atoms with Crippen LogP contribution in [0, 0.1) is 11.6 Å². The molecule has 1 unspecified atom stereocenters. The third kappa shape index (κ3) is 24.8. The molecule has 5 aromatic heterocycles. The molecule has 0 bridgehead atoms. The molecule has 15 rings (SSSR count). The van der Waals surface area contributed by atoms with Crippen LogP contribution in [0.3, 0.4) is 0 Å². The van der Waals surface area contributed by atoms with Gasteiger partial charge in [0, 0.05) is 91.4 Å². The number of hydrazine groups is 4. The Labute approximate surface area is 683 Å². The van der Waals surface area contributed by atoms with Gasteiger partial charge < -0.3 is 35.4 Å². The lowest BCUT2D eigenvalue weighted by molar-refractivity contribution is -0.118. The first-order chi connectivity index (χ1) is 54.6. The summed E-state index contributed by atoms with van der Waals surface area (Å²) >= 11 is 11.6. The summed E-state index contributed by atoms with van der Waals surface area (Å²) < 4.78 is 41.1. The molecule has 3 aliphatic heterocycles. The molecule has 0 aliphatic carbocycles. The minimum atomic E-state index is -1.13. The Bertz CT molecular complexity index is 5640. The summed E-state index contributed by atoms with van der Waals surface area (Å²) in [5.74, 6) is 6.13. The van der Waals surface area contributed by atoms with Gasteiger partial charge in [0.15, 0.2) is 0 Å². The van der Waals surface area contributed by atoms with E-state index in [2.05, 4.69) is 73.2 Å². The second kappa shape index (κ2) is 39.4. The molecule has 0 saturated heterocycles. The van der Waals surface area contributed by atoms with E-state index in [9.17, 15) is 47.1 Å². The van der Waals surface area contributed by atoms with Crippen molar-refractivity contribution in [3.63, 3.8) is 0 Å². The molecule has 0 radical (unpaired) electrons. The number of hydrogen-bond acceptors (Lipinski definition) is 23. The number of carbonyl (C=O) groups is 8. The zero-order chi connectivity index (χ0) is 83.4. The molecule has 8 heterocycles. The Morgan fingerprint density at radius 1 is 0.466 bits per heavy atom. The SMILES string of the molecule is CC(C)(C)OC(=O)NN.CC(C)(C)OC(=O)NNC(=O)c1ccc2ncccc2c1.CC(C)(C)OC(=O)NNC(=S)c1ccc2ncccc2c1.Cl.NNC(=S)c1ccc2ncccc2c1.O=C(O)c1ccc2ncccc2c1.O=C1Nc2ccc(F)cc2C12NN=C(c1ccc3ncccc3c1)S2.O=C1Nc2ccc(F)cc2C1=O. The number of carboxylic acids is 1. The number of ketones is 1. The van der Waals surface area contributed by atoms with Gasteiger partial charge in [-0.2, -0.15) is 5.10 Å². The average molecular weight is 1650 g/mol. The number of carboxylic acid groups (broad SMARTS) is 1. The molecule has 6 amide bonds.